The van der Waals surface area contributed by atoms with E-state index in [1.54, 1.807) is 0 Å². The van der Waals surface area contributed by atoms with Crippen LogP contribution >= 0.6 is 0 Å². The van der Waals surface area contributed by atoms with Gasteiger partial charge in [0, 0.05) is 23.6 Å². The number of anilines is 1. The Balaban J connectivity index is 1.71. The molecule has 2 N–H and O–H groups in total. The molecule has 0 saturated carbocycles. The average molecular weight is 305 g/mol. The second kappa shape index (κ2) is 6.39. The molecule has 0 radical (unpaired) electrons. The molecule has 1 aliphatic heterocycles. The molecule has 0 aliphatic carbocycles. The Hall–Kier alpha value is -2.39. The molecule has 1 aliphatic rings. The summed E-state index contributed by atoms with van der Waals surface area (Å²) in [6, 6.07) is 21.2. The summed E-state index contributed by atoms with van der Waals surface area (Å²) in [4.78, 5) is 3.49. The standard InChI is InChI=1S/C20H20N2O/c1-2-7-15(8-3-1)18-13-20(21-14-16-9-6-12-23-16)22-19-11-5-4-10-17(18)19/h1-5,7-8,10-11,13,16H,6,9,12,14H2,(H,21,22)/p+1/t16-/m1/s1. The van der Waals surface area contributed by atoms with Crippen molar-refractivity contribution in [3.8, 4) is 11.1 Å². The number of H-pyrrole nitrogens is 1. The number of fused-ring (bicyclic) bond motifs is 1. The lowest BCUT2D eigenvalue weighted by molar-refractivity contribution is -0.327. The summed E-state index contributed by atoms with van der Waals surface area (Å²) >= 11 is 0. The second-order valence-electron chi connectivity index (χ2n) is 6.02. The molecule has 23 heavy (non-hydrogen) atoms. The van der Waals surface area contributed by atoms with Gasteiger partial charge in [-0.3, -0.25) is 5.32 Å². The van der Waals surface area contributed by atoms with E-state index in [0.717, 1.165) is 30.9 Å². The van der Waals surface area contributed by atoms with Crippen LogP contribution in [-0.2, 0) is 4.74 Å². The molecular weight excluding hydrogens is 284 g/mol. The van der Waals surface area contributed by atoms with Crippen molar-refractivity contribution in [2.45, 2.75) is 18.9 Å². The smallest absolute Gasteiger partial charge is 0.273 e. The summed E-state index contributed by atoms with van der Waals surface area (Å²) in [5, 5.41) is 4.75. The second-order valence-corrected chi connectivity index (χ2v) is 6.02. The molecule has 0 amide bonds. The van der Waals surface area contributed by atoms with Crippen LogP contribution in [0.1, 0.15) is 12.8 Å². The topological polar surface area (TPSA) is 35.4 Å². The number of aromatic amines is 1. The molecule has 2 heterocycles. The van der Waals surface area contributed by atoms with E-state index in [0.29, 0.717) is 6.10 Å². The van der Waals surface area contributed by atoms with Gasteiger partial charge in [0.25, 0.3) is 5.82 Å². The van der Waals surface area contributed by atoms with Crippen LogP contribution in [0.25, 0.3) is 22.0 Å². The van der Waals surface area contributed by atoms with Crippen molar-refractivity contribution in [3.05, 3.63) is 60.7 Å². The number of benzene rings is 2. The molecule has 1 atom stereocenters. The van der Waals surface area contributed by atoms with Crippen LogP contribution in [0.2, 0.25) is 0 Å². The third-order valence-electron chi connectivity index (χ3n) is 4.40. The maximum Gasteiger partial charge on any atom is 0.273 e. The molecule has 116 valence electrons. The van der Waals surface area contributed by atoms with Gasteiger partial charge in [-0.05, 0) is 24.5 Å². The minimum Gasteiger partial charge on any atom is -0.374 e. The number of pyridine rings is 1. The number of hydrogen-bond acceptors (Lipinski definition) is 2. The number of nitrogens with one attached hydrogen (secondary N) is 2. The summed E-state index contributed by atoms with van der Waals surface area (Å²) in [7, 11) is 0. The van der Waals surface area contributed by atoms with Gasteiger partial charge in [-0.15, -0.1) is 0 Å². The fourth-order valence-corrected chi connectivity index (χ4v) is 3.21. The number of para-hydroxylation sites is 1. The number of ether oxygens (including phenoxy) is 1. The monoisotopic (exact) mass is 305 g/mol. The highest BCUT2D eigenvalue weighted by atomic mass is 16.5. The van der Waals surface area contributed by atoms with Gasteiger partial charge in [0.05, 0.1) is 6.10 Å². The van der Waals surface area contributed by atoms with E-state index in [4.69, 9.17) is 4.74 Å². The van der Waals surface area contributed by atoms with Gasteiger partial charge >= 0.3 is 0 Å². The van der Waals surface area contributed by atoms with Gasteiger partial charge in [0.15, 0.2) is 0 Å². The van der Waals surface area contributed by atoms with Crippen molar-refractivity contribution in [1.29, 1.82) is 0 Å². The lowest BCUT2D eigenvalue weighted by Gasteiger charge is -2.10. The van der Waals surface area contributed by atoms with Crippen LogP contribution < -0.4 is 10.3 Å². The predicted molar refractivity (Wildman–Crippen MR) is 93.4 cm³/mol. The van der Waals surface area contributed by atoms with Gasteiger partial charge < -0.3 is 4.74 Å². The van der Waals surface area contributed by atoms with E-state index >= 15 is 0 Å². The summed E-state index contributed by atoms with van der Waals surface area (Å²) < 4.78 is 5.70. The summed E-state index contributed by atoms with van der Waals surface area (Å²) in [6.45, 7) is 1.74. The van der Waals surface area contributed by atoms with Gasteiger partial charge in [-0.2, -0.15) is 0 Å². The molecule has 3 heteroatoms. The van der Waals surface area contributed by atoms with Crippen molar-refractivity contribution in [2.75, 3.05) is 18.5 Å². The van der Waals surface area contributed by atoms with E-state index in [9.17, 15) is 0 Å². The molecule has 0 spiro atoms. The molecule has 4 rings (SSSR count). The van der Waals surface area contributed by atoms with Crippen LogP contribution in [-0.4, -0.2) is 19.3 Å². The fourth-order valence-electron chi connectivity index (χ4n) is 3.21. The molecular formula is C20H21N2O+. The highest BCUT2D eigenvalue weighted by molar-refractivity contribution is 5.93. The van der Waals surface area contributed by atoms with Gasteiger partial charge in [0.2, 0.25) is 0 Å². The molecule has 1 saturated heterocycles. The highest BCUT2D eigenvalue weighted by Gasteiger charge is 2.18. The average Bonchev–Trinajstić information content (AvgIpc) is 3.13. The minimum absolute atomic E-state index is 0.329. The van der Waals surface area contributed by atoms with Crippen LogP contribution in [0.3, 0.4) is 0 Å². The Kier molecular flexibility index (Phi) is 3.95. The normalized spacial score (nSPS) is 17.5. The molecule has 1 fully saturated rings. The zero-order chi connectivity index (χ0) is 15.5. The third-order valence-corrected chi connectivity index (χ3v) is 4.40. The first kappa shape index (κ1) is 14.2. The molecule has 3 nitrogen and oxygen atoms in total. The number of aromatic nitrogens is 1. The number of rotatable bonds is 4. The zero-order valence-electron chi connectivity index (χ0n) is 13.1. The van der Waals surface area contributed by atoms with Crippen LogP contribution in [0.4, 0.5) is 5.82 Å². The zero-order valence-corrected chi connectivity index (χ0v) is 13.1. The Morgan fingerprint density at radius 1 is 1.04 bits per heavy atom. The quantitative estimate of drug-likeness (QED) is 0.793. The predicted octanol–water partition coefficient (Wildman–Crippen LogP) is 3.91. The Morgan fingerprint density at radius 3 is 2.70 bits per heavy atom. The molecule has 3 aromatic rings. The molecule has 1 aromatic heterocycles. The SMILES string of the molecule is c1ccc(-c2cc(NC[C@H]3CCCO3)[nH+]c3ccccc23)cc1. The summed E-state index contributed by atoms with van der Waals surface area (Å²) in [5.41, 5.74) is 3.62. The van der Waals surface area contributed by atoms with Gasteiger partial charge in [-0.25, -0.2) is 4.98 Å². The van der Waals surface area contributed by atoms with E-state index in [1.807, 2.05) is 0 Å². The number of hydrogen-bond donors (Lipinski definition) is 1. The van der Waals surface area contributed by atoms with E-state index in [2.05, 4.69) is 71.0 Å². The Morgan fingerprint density at radius 2 is 1.87 bits per heavy atom. The first-order valence-electron chi connectivity index (χ1n) is 8.26. The van der Waals surface area contributed by atoms with Crippen molar-refractivity contribution < 1.29 is 9.72 Å². The largest absolute Gasteiger partial charge is 0.374 e. The molecule has 2 aromatic carbocycles. The molecule has 0 unspecified atom stereocenters. The minimum atomic E-state index is 0.329. The van der Waals surface area contributed by atoms with Crippen LogP contribution in [0.15, 0.2) is 60.7 Å². The van der Waals surface area contributed by atoms with Crippen molar-refractivity contribution in [1.82, 2.24) is 0 Å². The molecule has 0 bridgehead atoms. The van der Waals surface area contributed by atoms with Crippen molar-refractivity contribution in [3.63, 3.8) is 0 Å². The first-order valence-corrected chi connectivity index (χ1v) is 8.26. The summed E-state index contributed by atoms with van der Waals surface area (Å²) in [5.74, 6) is 1.04. The van der Waals surface area contributed by atoms with E-state index in [1.165, 1.54) is 22.9 Å². The lowest BCUT2D eigenvalue weighted by Crippen LogP contribution is -2.23. The Labute approximate surface area is 136 Å². The van der Waals surface area contributed by atoms with Gasteiger partial charge in [-0.1, -0.05) is 48.5 Å². The van der Waals surface area contributed by atoms with Crippen molar-refractivity contribution >= 4 is 16.7 Å². The van der Waals surface area contributed by atoms with Crippen LogP contribution in [0, 0.1) is 0 Å². The van der Waals surface area contributed by atoms with Crippen molar-refractivity contribution in [2.24, 2.45) is 0 Å². The Bertz CT molecular complexity index is 795. The third kappa shape index (κ3) is 3.06. The highest BCUT2D eigenvalue weighted by Crippen LogP contribution is 2.28. The first-order chi connectivity index (χ1) is 11.4. The maximum atomic E-state index is 5.70. The lowest BCUT2D eigenvalue weighted by atomic mass is 10.0. The summed E-state index contributed by atoms with van der Waals surface area (Å²) in [6.07, 6.45) is 2.64. The van der Waals surface area contributed by atoms with E-state index < -0.39 is 0 Å². The maximum absolute atomic E-state index is 5.70. The van der Waals surface area contributed by atoms with E-state index in [-0.39, 0.29) is 0 Å². The van der Waals surface area contributed by atoms with Crippen LogP contribution in [0.5, 0.6) is 0 Å². The van der Waals surface area contributed by atoms with Gasteiger partial charge in [0.1, 0.15) is 12.1 Å². The fraction of sp³-hybridized carbons (Fsp3) is 0.250.